The van der Waals surface area contributed by atoms with Crippen molar-refractivity contribution in [1.29, 1.82) is 0 Å². The fourth-order valence-corrected chi connectivity index (χ4v) is 8.27. The van der Waals surface area contributed by atoms with E-state index in [0.29, 0.717) is 19.4 Å². The number of esters is 2. The van der Waals surface area contributed by atoms with E-state index < -0.39 is 69.6 Å². The van der Waals surface area contributed by atoms with Gasteiger partial charge in [-0.3, -0.25) is 14.4 Å². The van der Waals surface area contributed by atoms with E-state index in [0.717, 1.165) is 26.2 Å². The van der Waals surface area contributed by atoms with Gasteiger partial charge in [-0.15, -0.1) is 19.0 Å². The molecule has 0 amide bonds. The molecule has 2 saturated heterocycles. The smallest absolute Gasteiger partial charge is 0.307 e. The van der Waals surface area contributed by atoms with Gasteiger partial charge in [-0.2, -0.15) is 0 Å². The van der Waals surface area contributed by atoms with E-state index in [9.17, 15) is 24.6 Å². The number of rotatable bonds is 6. The number of fused-ring (bicyclic) bond motifs is 3. The van der Waals surface area contributed by atoms with Gasteiger partial charge in [0.1, 0.15) is 11.7 Å². The first-order valence-corrected chi connectivity index (χ1v) is 14.5. The number of hydrogen-bond donors (Lipinski definition) is 2. The van der Waals surface area contributed by atoms with Crippen molar-refractivity contribution in [1.82, 2.24) is 9.80 Å². The SMILES string of the molecule is C=C[C@@]1(C)CC(=O)[C@]2(O)[C@@]3(C)[C@@H](O)CCC(C)(C)[C@@H]3[C@H](OC(=O)CCN3CCN(C)CC3)[C@H](OC(C)=O)[C@@]2(C)O1.Cl. The summed E-state index contributed by atoms with van der Waals surface area (Å²) in [4.78, 5) is 44.5. The highest BCUT2D eigenvalue weighted by Crippen LogP contribution is 2.67. The maximum absolute atomic E-state index is 14.1. The Bertz CT molecular complexity index is 1050. The van der Waals surface area contributed by atoms with Gasteiger partial charge in [0.05, 0.1) is 18.1 Å². The van der Waals surface area contributed by atoms with Crippen LogP contribution in [0.5, 0.6) is 0 Å². The molecule has 8 atom stereocenters. The zero-order valence-corrected chi connectivity index (χ0v) is 26.4. The van der Waals surface area contributed by atoms with Crippen molar-refractivity contribution in [2.24, 2.45) is 16.7 Å². The van der Waals surface area contributed by atoms with Crippen LogP contribution in [0.15, 0.2) is 12.7 Å². The largest absolute Gasteiger partial charge is 0.458 e. The second kappa shape index (κ2) is 11.5. The number of halogens is 1. The summed E-state index contributed by atoms with van der Waals surface area (Å²) in [6, 6.07) is 0. The first kappa shape index (κ1) is 33.9. The highest BCUT2D eigenvalue weighted by Gasteiger charge is 2.82. The van der Waals surface area contributed by atoms with Gasteiger partial charge in [0.2, 0.25) is 0 Å². The predicted octanol–water partition coefficient (Wildman–Crippen LogP) is 2.13. The molecule has 2 aliphatic carbocycles. The van der Waals surface area contributed by atoms with Crippen LogP contribution in [0.3, 0.4) is 0 Å². The molecule has 4 aliphatic rings. The minimum Gasteiger partial charge on any atom is -0.458 e. The van der Waals surface area contributed by atoms with E-state index in [-0.39, 0.29) is 25.2 Å². The Morgan fingerprint density at radius 3 is 2.29 bits per heavy atom. The van der Waals surface area contributed by atoms with Crippen LogP contribution in [0.1, 0.15) is 67.2 Å². The molecule has 234 valence electrons. The van der Waals surface area contributed by atoms with E-state index in [1.807, 2.05) is 13.8 Å². The Kier molecular flexibility index (Phi) is 9.52. The molecule has 0 radical (unpaired) electrons. The molecule has 0 bridgehead atoms. The summed E-state index contributed by atoms with van der Waals surface area (Å²) in [5, 5.41) is 24.2. The molecular weight excluding hydrogens is 552 g/mol. The molecule has 0 unspecified atom stereocenters. The van der Waals surface area contributed by atoms with Crippen LogP contribution in [-0.4, -0.2) is 113 Å². The lowest BCUT2D eigenvalue weighted by molar-refractivity contribution is -0.371. The van der Waals surface area contributed by atoms with E-state index in [4.69, 9.17) is 14.2 Å². The molecule has 0 spiro atoms. The van der Waals surface area contributed by atoms with E-state index in [2.05, 4.69) is 23.4 Å². The summed E-state index contributed by atoms with van der Waals surface area (Å²) < 4.78 is 18.6. The lowest BCUT2D eigenvalue weighted by Gasteiger charge is -2.71. The van der Waals surface area contributed by atoms with Crippen molar-refractivity contribution in [3.05, 3.63) is 12.7 Å². The molecular formula is C30H49ClN2O8. The molecule has 4 rings (SSSR count). The molecule has 2 aliphatic heterocycles. The fraction of sp³-hybridized carbons (Fsp3) is 0.833. The first-order chi connectivity index (χ1) is 18.4. The number of aliphatic hydroxyl groups excluding tert-OH is 1. The molecule has 0 aromatic heterocycles. The molecule has 41 heavy (non-hydrogen) atoms. The summed E-state index contributed by atoms with van der Waals surface area (Å²) in [5.74, 6) is -2.38. The Labute approximate surface area is 250 Å². The van der Waals surface area contributed by atoms with Crippen LogP contribution in [-0.2, 0) is 28.6 Å². The van der Waals surface area contributed by atoms with Crippen molar-refractivity contribution in [2.75, 3.05) is 39.8 Å². The van der Waals surface area contributed by atoms with Gasteiger partial charge in [0.25, 0.3) is 0 Å². The Morgan fingerprint density at radius 2 is 1.73 bits per heavy atom. The second-order valence-corrected chi connectivity index (χ2v) is 13.7. The molecule has 11 heteroatoms. The van der Waals surface area contributed by atoms with E-state index in [1.54, 1.807) is 13.8 Å². The first-order valence-electron chi connectivity index (χ1n) is 14.5. The third-order valence-corrected chi connectivity index (χ3v) is 10.5. The molecule has 4 fully saturated rings. The average Bonchev–Trinajstić information content (AvgIpc) is 2.86. The van der Waals surface area contributed by atoms with Crippen LogP contribution >= 0.6 is 12.4 Å². The van der Waals surface area contributed by atoms with Gasteiger partial charge < -0.3 is 34.2 Å². The van der Waals surface area contributed by atoms with Gasteiger partial charge in [-0.25, -0.2) is 0 Å². The highest BCUT2D eigenvalue weighted by molar-refractivity contribution is 5.92. The summed E-state index contributed by atoms with van der Waals surface area (Å²) in [6.07, 6.45) is -1.13. The number of piperazine rings is 1. The lowest BCUT2D eigenvalue weighted by Crippen LogP contribution is -2.87. The zero-order chi connectivity index (χ0) is 29.9. The van der Waals surface area contributed by atoms with Crippen LogP contribution in [0, 0.1) is 16.7 Å². The van der Waals surface area contributed by atoms with Crippen molar-refractivity contribution < 1.29 is 38.8 Å². The van der Waals surface area contributed by atoms with E-state index >= 15 is 0 Å². The molecule has 2 saturated carbocycles. The molecule has 2 heterocycles. The van der Waals surface area contributed by atoms with Gasteiger partial charge in [-0.1, -0.05) is 26.8 Å². The summed E-state index contributed by atoms with van der Waals surface area (Å²) in [6.45, 7) is 18.0. The van der Waals surface area contributed by atoms with Crippen molar-refractivity contribution in [3.8, 4) is 0 Å². The standard InChI is InChI=1S/C30H48N2O8.ClH/c1-9-27(5)18-21(35)30(37)28(6)20(34)10-12-26(3,4)24(28)23(25(38-19(2)33)29(30,7)40-27)39-22(36)11-13-32-16-14-31(8)15-17-32;/h9,20,23-25,34,37H,1,10-18H2,2-8H3;1H/t20-,23-,24-,25-,27-,28-,29+,30-;/m0./s1. The van der Waals surface area contributed by atoms with E-state index in [1.165, 1.54) is 19.9 Å². The molecule has 2 N–H and O–H groups in total. The normalized spacial score (nSPS) is 42.7. The fourth-order valence-electron chi connectivity index (χ4n) is 8.27. The van der Waals surface area contributed by atoms with Crippen LogP contribution in [0.4, 0.5) is 0 Å². The topological polar surface area (TPSA) is 126 Å². The minimum atomic E-state index is -2.24. The third kappa shape index (κ3) is 5.38. The molecule has 0 aromatic rings. The number of ether oxygens (including phenoxy) is 3. The molecule has 10 nitrogen and oxygen atoms in total. The predicted molar refractivity (Wildman–Crippen MR) is 155 cm³/mol. The van der Waals surface area contributed by atoms with Gasteiger partial charge in [-0.05, 0) is 39.2 Å². The number of carbonyl (C=O) groups excluding carboxylic acids is 3. The van der Waals surface area contributed by atoms with Gasteiger partial charge in [0.15, 0.2) is 17.5 Å². The highest BCUT2D eigenvalue weighted by atomic mass is 35.5. The van der Waals surface area contributed by atoms with Gasteiger partial charge >= 0.3 is 11.9 Å². The number of ketones is 1. The maximum Gasteiger partial charge on any atom is 0.307 e. The average molecular weight is 601 g/mol. The van der Waals surface area contributed by atoms with Crippen molar-refractivity contribution in [2.45, 2.75) is 102 Å². The van der Waals surface area contributed by atoms with Crippen LogP contribution in [0.25, 0.3) is 0 Å². The monoisotopic (exact) mass is 600 g/mol. The summed E-state index contributed by atoms with van der Waals surface area (Å²) in [7, 11) is 2.07. The quantitative estimate of drug-likeness (QED) is 0.346. The Morgan fingerprint density at radius 1 is 1.12 bits per heavy atom. The lowest BCUT2D eigenvalue weighted by atomic mass is 9.39. The summed E-state index contributed by atoms with van der Waals surface area (Å²) in [5.41, 5.74) is -7.33. The minimum absolute atomic E-state index is 0. The number of hydrogen-bond acceptors (Lipinski definition) is 10. The Balaban J connectivity index is 0.00000462. The van der Waals surface area contributed by atoms with Crippen molar-refractivity contribution in [3.63, 3.8) is 0 Å². The number of aliphatic hydroxyl groups is 2. The number of nitrogens with zero attached hydrogens (tertiary/aromatic N) is 2. The zero-order valence-electron chi connectivity index (χ0n) is 25.6. The third-order valence-electron chi connectivity index (χ3n) is 10.5. The number of carbonyl (C=O) groups is 3. The van der Waals surface area contributed by atoms with Crippen molar-refractivity contribution >= 4 is 30.1 Å². The summed E-state index contributed by atoms with van der Waals surface area (Å²) >= 11 is 0. The van der Waals surface area contributed by atoms with Crippen LogP contribution < -0.4 is 0 Å². The maximum atomic E-state index is 14.1. The second-order valence-electron chi connectivity index (χ2n) is 13.7. The van der Waals surface area contributed by atoms with Gasteiger partial charge in [0, 0.05) is 57.4 Å². The number of Topliss-reactive ketones (excluding diaryl/α,β-unsaturated/α-hetero) is 1. The Hall–Kier alpha value is -1.56. The number of likely N-dealkylation sites (N-methyl/N-ethyl adjacent to an activating group) is 1. The van der Waals surface area contributed by atoms with Crippen LogP contribution in [0.2, 0.25) is 0 Å². The molecule has 0 aromatic carbocycles.